The van der Waals surface area contributed by atoms with Gasteiger partial charge in [-0.2, -0.15) is 0 Å². The Hall–Kier alpha value is -3.78. The quantitative estimate of drug-likeness (QED) is 0.399. The summed E-state index contributed by atoms with van der Waals surface area (Å²) in [4.78, 5) is 18.6. The molecule has 0 radical (unpaired) electrons. The van der Waals surface area contributed by atoms with Gasteiger partial charge in [0.1, 0.15) is 5.75 Å². The third-order valence-corrected chi connectivity index (χ3v) is 7.96. The Bertz CT molecular complexity index is 1460. The predicted molar refractivity (Wildman–Crippen MR) is 136 cm³/mol. The molecule has 1 amide bonds. The number of ether oxygens (including phenoxy) is 1. The van der Waals surface area contributed by atoms with Gasteiger partial charge in [0, 0.05) is 41.4 Å². The molecule has 35 heavy (non-hydrogen) atoms. The lowest BCUT2D eigenvalue weighted by Gasteiger charge is -2.32. The molecule has 1 aromatic heterocycles. The first kappa shape index (κ1) is 23.0. The van der Waals surface area contributed by atoms with Gasteiger partial charge in [0.2, 0.25) is 0 Å². The molecule has 7 nitrogen and oxygen atoms in total. The number of piperidine rings is 1. The number of likely N-dealkylation sites (tertiary alicyclic amines) is 1. The number of sulfonamides is 1. The second kappa shape index (κ2) is 9.46. The maximum absolute atomic E-state index is 13.2. The number of H-pyrrole nitrogens is 1. The fourth-order valence-electron chi connectivity index (χ4n) is 4.69. The lowest BCUT2D eigenvalue weighted by Crippen LogP contribution is -2.37. The number of benzene rings is 3. The number of anilines is 1. The van der Waals surface area contributed by atoms with Gasteiger partial charge in [-0.1, -0.05) is 24.3 Å². The molecule has 0 aliphatic carbocycles. The number of amides is 1. The fraction of sp³-hybridized carbons (Fsp3) is 0.222. The topological polar surface area (TPSA) is 91.5 Å². The van der Waals surface area contributed by atoms with Crippen LogP contribution in [0.25, 0.3) is 10.9 Å². The molecular weight excluding hydrogens is 462 g/mol. The normalized spacial score (nSPS) is 14.7. The number of fused-ring (bicyclic) bond motifs is 1. The van der Waals surface area contributed by atoms with Gasteiger partial charge in [-0.3, -0.25) is 9.52 Å². The monoisotopic (exact) mass is 489 g/mol. The molecule has 0 unspecified atom stereocenters. The van der Waals surface area contributed by atoms with Crippen molar-refractivity contribution >= 4 is 32.5 Å². The maximum Gasteiger partial charge on any atom is 0.261 e. The van der Waals surface area contributed by atoms with E-state index >= 15 is 0 Å². The number of hydrogen-bond acceptors (Lipinski definition) is 4. The average Bonchev–Trinajstić information content (AvgIpc) is 3.32. The van der Waals surface area contributed by atoms with Crippen LogP contribution in [-0.2, 0) is 10.0 Å². The lowest BCUT2D eigenvalue weighted by molar-refractivity contribution is 0.0713. The van der Waals surface area contributed by atoms with E-state index in [0.29, 0.717) is 30.3 Å². The Kier molecular flexibility index (Phi) is 6.21. The van der Waals surface area contributed by atoms with Crippen molar-refractivity contribution in [3.05, 3.63) is 90.1 Å². The van der Waals surface area contributed by atoms with Crippen LogP contribution in [0.1, 0.15) is 34.7 Å². The number of hydrogen-bond donors (Lipinski definition) is 2. The van der Waals surface area contributed by atoms with Crippen molar-refractivity contribution in [3.63, 3.8) is 0 Å². The largest absolute Gasteiger partial charge is 0.497 e. The number of nitrogens with zero attached hydrogens (tertiary/aromatic N) is 1. The van der Waals surface area contributed by atoms with Crippen molar-refractivity contribution in [2.45, 2.75) is 23.7 Å². The van der Waals surface area contributed by atoms with Gasteiger partial charge in [-0.25, -0.2) is 8.42 Å². The minimum atomic E-state index is -3.72. The van der Waals surface area contributed by atoms with Gasteiger partial charge in [-0.05, 0) is 72.9 Å². The van der Waals surface area contributed by atoms with Crippen molar-refractivity contribution < 1.29 is 17.9 Å². The van der Waals surface area contributed by atoms with E-state index in [-0.39, 0.29) is 10.8 Å². The minimum absolute atomic E-state index is 0.0928. The molecule has 180 valence electrons. The first-order chi connectivity index (χ1) is 16.9. The smallest absolute Gasteiger partial charge is 0.261 e. The van der Waals surface area contributed by atoms with Gasteiger partial charge in [0.25, 0.3) is 15.9 Å². The number of nitrogens with one attached hydrogen (secondary N) is 2. The number of aromatic amines is 1. The van der Waals surface area contributed by atoms with Crippen LogP contribution in [0.2, 0.25) is 0 Å². The average molecular weight is 490 g/mol. The zero-order chi connectivity index (χ0) is 24.4. The van der Waals surface area contributed by atoms with Gasteiger partial charge in [-0.15, -0.1) is 0 Å². The molecule has 0 saturated carbocycles. The van der Waals surface area contributed by atoms with Crippen LogP contribution < -0.4 is 9.46 Å². The van der Waals surface area contributed by atoms with E-state index in [1.54, 1.807) is 49.6 Å². The second-order valence-corrected chi connectivity index (χ2v) is 10.4. The number of carbonyl (C=O) groups excluding carboxylic acids is 1. The summed E-state index contributed by atoms with van der Waals surface area (Å²) in [5, 5.41) is 1.16. The highest BCUT2D eigenvalue weighted by molar-refractivity contribution is 7.92. The number of aromatic nitrogens is 1. The van der Waals surface area contributed by atoms with Gasteiger partial charge in [0.15, 0.2) is 0 Å². The Morgan fingerprint density at radius 3 is 2.51 bits per heavy atom. The molecule has 1 aliphatic rings. The number of carbonyl (C=O) groups is 1. The molecular formula is C27H27N3O4S. The molecule has 0 bridgehead atoms. The molecule has 4 aromatic rings. The summed E-state index contributed by atoms with van der Waals surface area (Å²) < 4.78 is 33.3. The first-order valence-corrected chi connectivity index (χ1v) is 13.0. The van der Waals surface area contributed by atoms with E-state index < -0.39 is 10.0 Å². The SMILES string of the molecule is COc1ccc2[nH]cc(C3CCN(C(=O)c4cccc(NS(=O)(=O)c5ccccc5)c4)CC3)c2c1. The van der Waals surface area contributed by atoms with Gasteiger partial charge < -0.3 is 14.6 Å². The summed E-state index contributed by atoms with van der Waals surface area (Å²) >= 11 is 0. The summed E-state index contributed by atoms with van der Waals surface area (Å²) in [5.74, 6) is 1.09. The van der Waals surface area contributed by atoms with Gasteiger partial charge >= 0.3 is 0 Å². The Balaban J connectivity index is 1.27. The third kappa shape index (κ3) is 4.74. The number of rotatable bonds is 6. The molecule has 2 N–H and O–H groups in total. The Morgan fingerprint density at radius 1 is 1.00 bits per heavy atom. The summed E-state index contributed by atoms with van der Waals surface area (Å²) in [6.45, 7) is 1.28. The van der Waals surface area contributed by atoms with E-state index in [9.17, 15) is 13.2 Å². The van der Waals surface area contributed by atoms with Crippen LogP contribution >= 0.6 is 0 Å². The zero-order valence-electron chi connectivity index (χ0n) is 19.4. The standard InChI is InChI=1S/C27H27N3O4S/c1-34-22-10-11-26-24(17-22)25(18-28-26)19-12-14-30(15-13-19)27(31)20-6-5-7-21(16-20)29-35(32,33)23-8-3-2-4-9-23/h2-11,16-19,28-29H,12-15H2,1H3. The summed E-state index contributed by atoms with van der Waals surface area (Å²) in [6, 6.07) is 20.9. The highest BCUT2D eigenvalue weighted by atomic mass is 32.2. The van der Waals surface area contributed by atoms with Crippen LogP contribution in [0.15, 0.2) is 83.9 Å². The van der Waals surface area contributed by atoms with Crippen molar-refractivity contribution in [3.8, 4) is 5.75 Å². The summed E-state index contributed by atoms with van der Waals surface area (Å²) in [5.41, 5.74) is 3.16. The highest BCUT2D eigenvalue weighted by Crippen LogP contribution is 2.35. The van der Waals surface area contributed by atoms with Gasteiger partial charge in [0.05, 0.1) is 12.0 Å². The second-order valence-electron chi connectivity index (χ2n) is 8.72. The molecule has 8 heteroatoms. The molecule has 0 atom stereocenters. The lowest BCUT2D eigenvalue weighted by atomic mass is 9.89. The molecule has 3 aromatic carbocycles. The van der Waals surface area contributed by atoms with E-state index in [2.05, 4.69) is 22.0 Å². The fourth-order valence-corrected chi connectivity index (χ4v) is 5.76. The van der Waals surface area contributed by atoms with E-state index in [1.807, 2.05) is 17.0 Å². The van der Waals surface area contributed by atoms with Crippen LogP contribution in [-0.4, -0.2) is 44.4 Å². The predicted octanol–water partition coefficient (Wildman–Crippen LogP) is 5.00. The maximum atomic E-state index is 13.2. The first-order valence-electron chi connectivity index (χ1n) is 11.6. The summed E-state index contributed by atoms with van der Waals surface area (Å²) in [7, 11) is -2.06. The van der Waals surface area contributed by atoms with Crippen molar-refractivity contribution in [1.82, 2.24) is 9.88 Å². The van der Waals surface area contributed by atoms with E-state index in [4.69, 9.17) is 4.74 Å². The van der Waals surface area contributed by atoms with Crippen LogP contribution in [0.5, 0.6) is 5.75 Å². The molecule has 1 saturated heterocycles. The van der Waals surface area contributed by atoms with Crippen molar-refractivity contribution in [2.24, 2.45) is 0 Å². The number of methoxy groups -OCH3 is 1. The Morgan fingerprint density at radius 2 is 1.77 bits per heavy atom. The summed E-state index contributed by atoms with van der Waals surface area (Å²) in [6.07, 6.45) is 3.78. The molecule has 1 aliphatic heterocycles. The molecule has 2 heterocycles. The molecule has 5 rings (SSSR count). The van der Waals surface area contributed by atoms with Crippen molar-refractivity contribution in [2.75, 3.05) is 24.9 Å². The third-order valence-electron chi connectivity index (χ3n) is 6.56. The van der Waals surface area contributed by atoms with Crippen LogP contribution in [0.4, 0.5) is 5.69 Å². The minimum Gasteiger partial charge on any atom is -0.497 e. The molecule has 1 fully saturated rings. The Labute approximate surface area is 204 Å². The van der Waals surface area contributed by atoms with Crippen LogP contribution in [0.3, 0.4) is 0 Å². The highest BCUT2D eigenvalue weighted by Gasteiger charge is 2.26. The van der Waals surface area contributed by atoms with E-state index in [0.717, 1.165) is 29.5 Å². The zero-order valence-corrected chi connectivity index (χ0v) is 20.2. The van der Waals surface area contributed by atoms with Crippen molar-refractivity contribution in [1.29, 1.82) is 0 Å². The van der Waals surface area contributed by atoms with Crippen LogP contribution in [0, 0.1) is 0 Å². The molecule has 0 spiro atoms. The van der Waals surface area contributed by atoms with E-state index in [1.165, 1.54) is 17.7 Å².